The van der Waals surface area contributed by atoms with Crippen molar-refractivity contribution in [2.24, 2.45) is 0 Å². The number of nitrogens with one attached hydrogen (secondary N) is 1. The molecule has 0 radical (unpaired) electrons. The predicted octanol–water partition coefficient (Wildman–Crippen LogP) is 1.91. The molecule has 0 unspecified atom stereocenters. The fraction of sp³-hybridized carbons (Fsp3) is 0.250. The van der Waals surface area contributed by atoms with E-state index >= 15 is 0 Å². The minimum Gasteiger partial charge on any atom is -0.497 e. The molecule has 27 heavy (non-hydrogen) atoms. The van der Waals surface area contributed by atoms with Crippen LogP contribution < -0.4 is 20.3 Å². The van der Waals surface area contributed by atoms with Crippen molar-refractivity contribution in [3.63, 3.8) is 0 Å². The fourth-order valence-electron chi connectivity index (χ4n) is 2.69. The summed E-state index contributed by atoms with van der Waals surface area (Å²) < 4.78 is 11.9. The van der Waals surface area contributed by atoms with E-state index in [2.05, 4.69) is 10.3 Å². The van der Waals surface area contributed by atoms with Crippen LogP contribution in [-0.4, -0.2) is 35.7 Å². The van der Waals surface area contributed by atoms with Gasteiger partial charge in [-0.05, 0) is 42.8 Å². The number of aromatic nitrogens is 2. The van der Waals surface area contributed by atoms with Gasteiger partial charge in [0.25, 0.3) is 5.56 Å². The van der Waals surface area contributed by atoms with Crippen LogP contribution >= 0.6 is 0 Å². The topological polar surface area (TPSA) is 82.4 Å². The second-order valence-electron chi connectivity index (χ2n) is 6.02. The van der Waals surface area contributed by atoms with Crippen LogP contribution in [-0.2, 0) is 11.3 Å². The van der Waals surface area contributed by atoms with E-state index in [0.717, 1.165) is 11.3 Å². The van der Waals surface area contributed by atoms with Crippen LogP contribution in [0, 0.1) is 6.92 Å². The normalized spacial score (nSPS) is 10.6. The van der Waals surface area contributed by atoms with Crippen LogP contribution in [0.2, 0.25) is 0 Å². The van der Waals surface area contributed by atoms with Crippen LogP contribution in [0.4, 0.5) is 0 Å². The lowest BCUT2D eigenvalue weighted by Gasteiger charge is -2.10. The summed E-state index contributed by atoms with van der Waals surface area (Å²) in [4.78, 5) is 28.9. The van der Waals surface area contributed by atoms with E-state index in [0.29, 0.717) is 29.8 Å². The van der Waals surface area contributed by atoms with Gasteiger partial charge in [-0.25, -0.2) is 4.98 Å². The molecule has 0 saturated heterocycles. The van der Waals surface area contributed by atoms with Gasteiger partial charge in [-0.2, -0.15) is 0 Å². The Labute approximate surface area is 156 Å². The maximum absolute atomic E-state index is 12.5. The second kappa shape index (κ2) is 8.35. The average molecular weight is 367 g/mol. The van der Waals surface area contributed by atoms with Crippen molar-refractivity contribution in [2.75, 3.05) is 20.3 Å². The highest BCUT2D eigenvalue weighted by Gasteiger charge is 2.09. The van der Waals surface area contributed by atoms with Crippen molar-refractivity contribution >= 4 is 16.8 Å². The van der Waals surface area contributed by atoms with E-state index in [-0.39, 0.29) is 18.0 Å². The van der Waals surface area contributed by atoms with Crippen molar-refractivity contribution < 1.29 is 14.3 Å². The smallest absolute Gasteiger partial charge is 0.261 e. The molecule has 0 spiro atoms. The number of aryl methyl sites for hydroxylation is 1. The lowest BCUT2D eigenvalue weighted by atomic mass is 10.1. The number of ether oxygens (including phenoxy) is 2. The molecule has 1 N–H and O–H groups in total. The molecule has 2 aromatic carbocycles. The molecule has 3 rings (SSSR count). The molecule has 0 aliphatic carbocycles. The zero-order valence-electron chi connectivity index (χ0n) is 15.3. The Morgan fingerprint density at radius 3 is 2.63 bits per heavy atom. The van der Waals surface area contributed by atoms with Gasteiger partial charge >= 0.3 is 0 Å². The van der Waals surface area contributed by atoms with Crippen molar-refractivity contribution in [3.8, 4) is 11.5 Å². The summed E-state index contributed by atoms with van der Waals surface area (Å²) in [5.41, 5.74) is 1.36. The third kappa shape index (κ3) is 4.44. The fourth-order valence-corrected chi connectivity index (χ4v) is 2.69. The molecule has 1 amide bonds. The summed E-state index contributed by atoms with van der Waals surface area (Å²) in [5.74, 6) is 1.17. The SMILES string of the molecule is COc1ccc(OCCNC(=O)Cn2cnc3c(C)cccc3c2=O)cc1. The Hall–Kier alpha value is -3.35. The molecular weight excluding hydrogens is 346 g/mol. The van der Waals surface area contributed by atoms with Gasteiger partial charge in [0.05, 0.1) is 30.9 Å². The molecule has 3 aromatic rings. The van der Waals surface area contributed by atoms with E-state index in [1.165, 1.54) is 10.9 Å². The summed E-state index contributed by atoms with van der Waals surface area (Å²) in [7, 11) is 1.60. The van der Waals surface area contributed by atoms with E-state index in [1.54, 1.807) is 37.4 Å². The number of benzene rings is 2. The van der Waals surface area contributed by atoms with E-state index in [9.17, 15) is 9.59 Å². The number of carbonyl (C=O) groups excluding carboxylic acids is 1. The summed E-state index contributed by atoms with van der Waals surface area (Å²) >= 11 is 0. The molecule has 1 aromatic heterocycles. The molecule has 0 atom stereocenters. The molecule has 0 bridgehead atoms. The molecule has 7 nitrogen and oxygen atoms in total. The van der Waals surface area contributed by atoms with Crippen molar-refractivity contribution in [3.05, 3.63) is 64.7 Å². The number of carbonyl (C=O) groups is 1. The molecule has 0 fully saturated rings. The molecule has 7 heteroatoms. The molecule has 0 saturated carbocycles. The quantitative estimate of drug-likeness (QED) is 0.645. The summed E-state index contributed by atoms with van der Waals surface area (Å²) in [6.45, 7) is 2.47. The lowest BCUT2D eigenvalue weighted by Crippen LogP contribution is -2.34. The van der Waals surface area contributed by atoms with Crippen LogP contribution in [0.25, 0.3) is 10.9 Å². The van der Waals surface area contributed by atoms with Crippen LogP contribution in [0.1, 0.15) is 5.56 Å². The maximum Gasteiger partial charge on any atom is 0.261 e. The lowest BCUT2D eigenvalue weighted by molar-refractivity contribution is -0.121. The highest BCUT2D eigenvalue weighted by atomic mass is 16.5. The number of hydrogen-bond acceptors (Lipinski definition) is 5. The number of para-hydroxylation sites is 1. The standard InChI is InChI=1S/C20H21N3O4/c1-14-4-3-5-17-19(14)22-13-23(20(17)25)12-18(24)21-10-11-27-16-8-6-15(26-2)7-9-16/h3-9,13H,10-12H2,1-2H3,(H,21,24). The van der Waals surface area contributed by atoms with Gasteiger partial charge in [-0.1, -0.05) is 12.1 Å². The van der Waals surface area contributed by atoms with Crippen LogP contribution in [0.3, 0.4) is 0 Å². The van der Waals surface area contributed by atoms with E-state index in [4.69, 9.17) is 9.47 Å². The van der Waals surface area contributed by atoms with Gasteiger partial charge < -0.3 is 14.8 Å². The highest BCUT2D eigenvalue weighted by molar-refractivity contribution is 5.81. The number of amides is 1. The summed E-state index contributed by atoms with van der Waals surface area (Å²) in [6, 6.07) is 12.6. The first kappa shape index (κ1) is 18.4. The number of fused-ring (bicyclic) bond motifs is 1. The van der Waals surface area contributed by atoms with Gasteiger partial charge in [0.2, 0.25) is 5.91 Å². The molecule has 140 valence electrons. The number of methoxy groups -OCH3 is 1. The average Bonchev–Trinajstić information content (AvgIpc) is 2.68. The van der Waals surface area contributed by atoms with Crippen LogP contribution in [0.5, 0.6) is 11.5 Å². The number of nitrogens with zero attached hydrogens (tertiary/aromatic N) is 2. The summed E-state index contributed by atoms with van der Waals surface area (Å²) in [6.07, 6.45) is 1.41. The van der Waals surface area contributed by atoms with Gasteiger partial charge in [-0.3, -0.25) is 14.2 Å². The Morgan fingerprint density at radius 1 is 1.15 bits per heavy atom. The minimum absolute atomic E-state index is 0.0851. The first-order valence-corrected chi connectivity index (χ1v) is 8.57. The second-order valence-corrected chi connectivity index (χ2v) is 6.02. The molecule has 0 aliphatic rings. The van der Waals surface area contributed by atoms with Gasteiger partial charge in [0.15, 0.2) is 0 Å². The Balaban J connectivity index is 1.52. The largest absolute Gasteiger partial charge is 0.497 e. The minimum atomic E-state index is -0.274. The third-order valence-corrected chi connectivity index (χ3v) is 4.12. The number of rotatable bonds is 7. The van der Waals surface area contributed by atoms with Gasteiger partial charge in [0.1, 0.15) is 24.7 Å². The first-order chi connectivity index (χ1) is 13.1. The van der Waals surface area contributed by atoms with Crippen LogP contribution in [0.15, 0.2) is 53.6 Å². The molecule has 1 heterocycles. The number of hydrogen-bond donors (Lipinski definition) is 1. The molecule has 0 aliphatic heterocycles. The monoisotopic (exact) mass is 367 g/mol. The Kier molecular flexibility index (Phi) is 5.71. The molecular formula is C20H21N3O4. The zero-order chi connectivity index (χ0) is 19.2. The van der Waals surface area contributed by atoms with Gasteiger partial charge in [0, 0.05) is 0 Å². The Bertz CT molecular complexity index is 996. The van der Waals surface area contributed by atoms with E-state index in [1.807, 2.05) is 19.1 Å². The van der Waals surface area contributed by atoms with E-state index < -0.39 is 0 Å². The van der Waals surface area contributed by atoms with Crippen molar-refractivity contribution in [1.29, 1.82) is 0 Å². The maximum atomic E-state index is 12.5. The van der Waals surface area contributed by atoms with Gasteiger partial charge in [-0.15, -0.1) is 0 Å². The summed E-state index contributed by atoms with van der Waals surface area (Å²) in [5, 5.41) is 3.24. The predicted molar refractivity (Wildman–Crippen MR) is 102 cm³/mol. The van der Waals surface area contributed by atoms with Crippen molar-refractivity contribution in [2.45, 2.75) is 13.5 Å². The van der Waals surface area contributed by atoms with Crippen molar-refractivity contribution in [1.82, 2.24) is 14.9 Å². The zero-order valence-corrected chi connectivity index (χ0v) is 15.3. The highest BCUT2D eigenvalue weighted by Crippen LogP contribution is 2.16. The third-order valence-electron chi connectivity index (χ3n) is 4.12. The first-order valence-electron chi connectivity index (χ1n) is 8.57. The Morgan fingerprint density at radius 2 is 1.89 bits per heavy atom.